The number of amides is 1. The topological polar surface area (TPSA) is 92.7 Å². The number of allylic oxidation sites excluding steroid dienone is 2. The first kappa shape index (κ1) is 18.3. The maximum atomic E-state index is 12.7. The van der Waals surface area contributed by atoms with Crippen LogP contribution in [0.25, 0.3) is 10.4 Å². The molecule has 2 heterocycles. The van der Waals surface area contributed by atoms with Crippen molar-refractivity contribution >= 4 is 45.5 Å². The second kappa shape index (κ2) is 7.84. The summed E-state index contributed by atoms with van der Waals surface area (Å²) < 4.78 is 4.88. The average Bonchev–Trinajstić information content (AvgIpc) is 3.30. The van der Waals surface area contributed by atoms with Crippen molar-refractivity contribution in [2.24, 2.45) is 11.8 Å². The van der Waals surface area contributed by atoms with Crippen LogP contribution in [0.3, 0.4) is 0 Å². The molecule has 136 valence electrons. The molecule has 0 radical (unpaired) electrons. The number of carboxylic acids is 1. The Hall–Kier alpha value is -2.45. The molecule has 0 unspecified atom stereocenters. The molecule has 6 nitrogen and oxygen atoms in total. The molecule has 1 amide bonds. The predicted octanol–water partition coefficient (Wildman–Crippen LogP) is 3.87. The van der Waals surface area contributed by atoms with Crippen molar-refractivity contribution in [1.29, 1.82) is 0 Å². The highest BCUT2D eigenvalue weighted by Gasteiger charge is 2.35. The Bertz CT molecular complexity index is 853. The van der Waals surface area contributed by atoms with Gasteiger partial charge in [0.15, 0.2) is 0 Å². The standard InChI is InChI=1S/C18H17NO5S2/c1-24-18(23)14-12(13-7-4-8-25-13)9-26-16(14)19-15(20)10-5-2-3-6-11(10)17(21)22/h2-4,7-11H,5-6H2,1H3,(H,19,20)(H,21,22)/t10-,11-/m1/s1. The lowest BCUT2D eigenvalue weighted by Gasteiger charge is -2.24. The number of methoxy groups -OCH3 is 1. The molecule has 0 aliphatic heterocycles. The highest BCUT2D eigenvalue weighted by Crippen LogP contribution is 2.39. The molecule has 8 heteroatoms. The Morgan fingerprint density at radius 3 is 2.54 bits per heavy atom. The maximum absolute atomic E-state index is 12.7. The van der Waals surface area contributed by atoms with Gasteiger partial charge in [0, 0.05) is 15.8 Å². The zero-order valence-electron chi connectivity index (χ0n) is 13.9. The van der Waals surface area contributed by atoms with Gasteiger partial charge in [-0.1, -0.05) is 18.2 Å². The first-order valence-corrected chi connectivity index (χ1v) is 9.71. The predicted molar refractivity (Wildman–Crippen MR) is 101 cm³/mol. The van der Waals surface area contributed by atoms with E-state index in [0.717, 1.165) is 4.88 Å². The molecular formula is C18H17NO5S2. The van der Waals surface area contributed by atoms with E-state index in [-0.39, 0.29) is 0 Å². The van der Waals surface area contributed by atoms with Crippen LogP contribution in [0.4, 0.5) is 5.00 Å². The fourth-order valence-corrected chi connectivity index (χ4v) is 4.72. The summed E-state index contributed by atoms with van der Waals surface area (Å²) in [6, 6.07) is 3.76. The van der Waals surface area contributed by atoms with E-state index in [1.807, 2.05) is 23.6 Å². The van der Waals surface area contributed by atoms with Crippen molar-refractivity contribution in [3.05, 3.63) is 40.6 Å². The minimum absolute atomic E-state index is 0.298. The fourth-order valence-electron chi connectivity index (χ4n) is 2.95. The smallest absolute Gasteiger partial charge is 0.341 e. The quantitative estimate of drug-likeness (QED) is 0.596. The summed E-state index contributed by atoms with van der Waals surface area (Å²) in [6.45, 7) is 0. The number of carbonyl (C=O) groups excluding carboxylic acids is 2. The molecular weight excluding hydrogens is 374 g/mol. The highest BCUT2D eigenvalue weighted by atomic mass is 32.1. The summed E-state index contributed by atoms with van der Waals surface area (Å²) >= 11 is 2.71. The molecule has 1 aliphatic rings. The average molecular weight is 391 g/mol. The molecule has 26 heavy (non-hydrogen) atoms. The van der Waals surface area contributed by atoms with Gasteiger partial charge < -0.3 is 15.2 Å². The Morgan fingerprint density at radius 2 is 1.92 bits per heavy atom. The zero-order chi connectivity index (χ0) is 18.7. The summed E-state index contributed by atoms with van der Waals surface area (Å²) in [5.41, 5.74) is 0.997. The lowest BCUT2D eigenvalue weighted by atomic mass is 9.82. The van der Waals surface area contributed by atoms with Crippen LogP contribution >= 0.6 is 22.7 Å². The van der Waals surface area contributed by atoms with Crippen LogP contribution in [-0.4, -0.2) is 30.1 Å². The summed E-state index contributed by atoms with van der Waals surface area (Å²) in [6.07, 6.45) is 4.28. The van der Waals surface area contributed by atoms with Gasteiger partial charge in [-0.15, -0.1) is 22.7 Å². The van der Waals surface area contributed by atoms with Gasteiger partial charge in [0.05, 0.1) is 18.9 Å². The fraction of sp³-hybridized carbons (Fsp3) is 0.278. The van der Waals surface area contributed by atoms with E-state index in [0.29, 0.717) is 29.0 Å². The number of thiophene rings is 2. The van der Waals surface area contributed by atoms with Crippen LogP contribution in [-0.2, 0) is 14.3 Å². The molecule has 0 fully saturated rings. The molecule has 0 spiro atoms. The van der Waals surface area contributed by atoms with Gasteiger partial charge in [0.1, 0.15) is 10.6 Å². The lowest BCUT2D eigenvalue weighted by Crippen LogP contribution is -2.34. The Labute approximate surface area is 158 Å². The third kappa shape index (κ3) is 3.56. The molecule has 2 aromatic rings. The summed E-state index contributed by atoms with van der Waals surface area (Å²) in [5, 5.41) is 16.2. The van der Waals surface area contributed by atoms with Crippen molar-refractivity contribution in [2.45, 2.75) is 12.8 Å². The van der Waals surface area contributed by atoms with Crippen LogP contribution in [0.15, 0.2) is 35.0 Å². The van der Waals surface area contributed by atoms with E-state index in [2.05, 4.69) is 5.32 Å². The number of nitrogens with one attached hydrogen (secondary N) is 1. The van der Waals surface area contributed by atoms with Gasteiger partial charge in [-0.05, 0) is 24.3 Å². The zero-order valence-corrected chi connectivity index (χ0v) is 15.6. The van der Waals surface area contributed by atoms with E-state index < -0.39 is 29.7 Å². The molecule has 0 saturated heterocycles. The van der Waals surface area contributed by atoms with Crippen molar-refractivity contribution in [3.63, 3.8) is 0 Å². The Morgan fingerprint density at radius 1 is 1.19 bits per heavy atom. The first-order chi connectivity index (χ1) is 12.5. The SMILES string of the molecule is COC(=O)c1c(-c2cccs2)csc1NC(=O)[C@@H]1CC=CC[C@H]1C(=O)O. The van der Waals surface area contributed by atoms with Gasteiger partial charge in [-0.2, -0.15) is 0 Å². The molecule has 3 rings (SSSR count). The molecule has 0 aromatic carbocycles. The van der Waals surface area contributed by atoms with Gasteiger partial charge in [0.2, 0.25) is 5.91 Å². The first-order valence-electron chi connectivity index (χ1n) is 7.95. The normalized spacial score (nSPS) is 19.1. The Kier molecular flexibility index (Phi) is 5.53. The summed E-state index contributed by atoms with van der Waals surface area (Å²) in [5.74, 6) is -3.36. The van der Waals surface area contributed by atoms with E-state index in [4.69, 9.17) is 4.74 Å². The molecule has 0 bridgehead atoms. The number of carboxylic acid groups (broad SMARTS) is 1. The number of aliphatic carboxylic acids is 1. The number of ether oxygens (including phenoxy) is 1. The van der Waals surface area contributed by atoms with E-state index in [9.17, 15) is 19.5 Å². The van der Waals surface area contributed by atoms with E-state index in [1.54, 1.807) is 11.5 Å². The summed E-state index contributed by atoms with van der Waals surface area (Å²) in [4.78, 5) is 37.3. The van der Waals surface area contributed by atoms with Crippen LogP contribution < -0.4 is 5.32 Å². The third-order valence-corrected chi connectivity index (χ3v) is 6.09. The Balaban J connectivity index is 1.90. The third-order valence-electron chi connectivity index (χ3n) is 4.29. The van der Waals surface area contributed by atoms with Crippen LogP contribution in [0.1, 0.15) is 23.2 Å². The number of rotatable bonds is 5. The van der Waals surface area contributed by atoms with Gasteiger partial charge >= 0.3 is 11.9 Å². The van der Waals surface area contributed by atoms with Crippen LogP contribution in [0, 0.1) is 11.8 Å². The number of esters is 1. The second-order valence-corrected chi connectivity index (χ2v) is 7.63. The van der Waals surface area contributed by atoms with E-state index in [1.165, 1.54) is 29.8 Å². The van der Waals surface area contributed by atoms with Crippen molar-refractivity contribution in [2.75, 3.05) is 12.4 Å². The number of hydrogen-bond donors (Lipinski definition) is 2. The van der Waals surface area contributed by atoms with E-state index >= 15 is 0 Å². The van der Waals surface area contributed by atoms with Crippen LogP contribution in [0.2, 0.25) is 0 Å². The molecule has 0 saturated carbocycles. The molecule has 1 aliphatic carbocycles. The van der Waals surface area contributed by atoms with Crippen molar-refractivity contribution < 1.29 is 24.2 Å². The van der Waals surface area contributed by atoms with Gasteiger partial charge in [-0.3, -0.25) is 9.59 Å². The molecule has 2 atom stereocenters. The minimum Gasteiger partial charge on any atom is -0.481 e. The second-order valence-electron chi connectivity index (χ2n) is 5.81. The molecule has 2 N–H and O–H groups in total. The van der Waals surface area contributed by atoms with Crippen molar-refractivity contribution in [3.8, 4) is 10.4 Å². The minimum atomic E-state index is -0.992. The van der Waals surface area contributed by atoms with Crippen molar-refractivity contribution in [1.82, 2.24) is 0 Å². The van der Waals surface area contributed by atoms with Gasteiger partial charge in [0.25, 0.3) is 0 Å². The lowest BCUT2D eigenvalue weighted by molar-refractivity contribution is -0.146. The maximum Gasteiger partial charge on any atom is 0.341 e. The number of hydrogen-bond acceptors (Lipinski definition) is 6. The number of anilines is 1. The number of carbonyl (C=O) groups is 3. The molecule has 2 aromatic heterocycles. The summed E-state index contributed by atoms with van der Waals surface area (Å²) in [7, 11) is 1.29. The van der Waals surface area contributed by atoms with Gasteiger partial charge in [-0.25, -0.2) is 4.79 Å². The highest BCUT2D eigenvalue weighted by molar-refractivity contribution is 7.17. The largest absolute Gasteiger partial charge is 0.481 e. The monoisotopic (exact) mass is 391 g/mol. The van der Waals surface area contributed by atoms with Crippen LogP contribution in [0.5, 0.6) is 0 Å².